The van der Waals surface area contributed by atoms with Crippen molar-refractivity contribution in [3.05, 3.63) is 135 Å². The molecule has 0 fully saturated rings. The number of anilines is 1. The first-order valence-electron chi connectivity index (χ1n) is 14.3. The van der Waals surface area contributed by atoms with Crippen LogP contribution >= 0.6 is 11.6 Å². The third-order valence-corrected chi connectivity index (χ3v) is 9.04. The van der Waals surface area contributed by atoms with Crippen molar-refractivity contribution in [2.24, 2.45) is 0 Å². The molecular weight excluding hydrogens is 616 g/mol. The number of nitro groups is 1. The number of nitro benzene ring substituents is 1. The van der Waals surface area contributed by atoms with Crippen molar-refractivity contribution in [3.8, 4) is 0 Å². The number of benzene rings is 4. The third-order valence-electron chi connectivity index (χ3n) is 7.02. The zero-order valence-corrected chi connectivity index (χ0v) is 26.2. The first-order chi connectivity index (χ1) is 21.6. The van der Waals surface area contributed by atoms with Gasteiger partial charge in [0.05, 0.1) is 15.5 Å². The molecule has 0 aliphatic carbocycles. The molecule has 0 saturated heterocycles. The zero-order chi connectivity index (χ0) is 32.4. The molecule has 10 nitrogen and oxygen atoms in total. The van der Waals surface area contributed by atoms with Crippen molar-refractivity contribution in [3.63, 3.8) is 0 Å². The van der Waals surface area contributed by atoms with E-state index in [2.05, 4.69) is 5.32 Å². The Morgan fingerprint density at radius 2 is 1.51 bits per heavy atom. The Bertz CT molecular complexity index is 1720. The second-order valence-electron chi connectivity index (χ2n) is 10.2. The fourth-order valence-corrected chi connectivity index (χ4v) is 6.39. The first-order valence-corrected chi connectivity index (χ1v) is 16.1. The van der Waals surface area contributed by atoms with E-state index in [0.717, 1.165) is 9.87 Å². The molecular formula is C33H33ClN4O6S. The Balaban J connectivity index is 1.80. The van der Waals surface area contributed by atoms with Gasteiger partial charge in [-0.15, -0.1) is 0 Å². The number of hydrogen-bond acceptors (Lipinski definition) is 6. The molecule has 2 amide bonds. The van der Waals surface area contributed by atoms with E-state index in [1.807, 2.05) is 37.3 Å². The molecule has 1 N–H and O–H groups in total. The summed E-state index contributed by atoms with van der Waals surface area (Å²) in [5, 5.41) is 14.6. The van der Waals surface area contributed by atoms with Crippen LogP contribution in [0.4, 0.5) is 11.4 Å². The summed E-state index contributed by atoms with van der Waals surface area (Å²) in [6, 6.07) is 27.6. The fourth-order valence-electron chi connectivity index (χ4n) is 4.74. The minimum Gasteiger partial charge on any atom is -0.354 e. The van der Waals surface area contributed by atoms with Gasteiger partial charge < -0.3 is 10.2 Å². The number of non-ortho nitro benzene ring substituents is 1. The lowest BCUT2D eigenvalue weighted by molar-refractivity contribution is -0.384. The van der Waals surface area contributed by atoms with Crippen LogP contribution in [-0.4, -0.2) is 49.2 Å². The van der Waals surface area contributed by atoms with Gasteiger partial charge in [0.15, 0.2) is 0 Å². The van der Waals surface area contributed by atoms with Crippen LogP contribution in [0.2, 0.25) is 5.02 Å². The van der Waals surface area contributed by atoms with Gasteiger partial charge in [0, 0.05) is 36.7 Å². The molecule has 234 valence electrons. The first kappa shape index (κ1) is 33.2. The minimum atomic E-state index is -4.32. The summed E-state index contributed by atoms with van der Waals surface area (Å²) in [6.07, 6.45) is 0.848. The van der Waals surface area contributed by atoms with Crippen molar-refractivity contribution in [1.82, 2.24) is 10.2 Å². The van der Waals surface area contributed by atoms with Gasteiger partial charge in [-0.2, -0.15) is 0 Å². The molecule has 4 aromatic carbocycles. The normalized spacial score (nSPS) is 11.8. The second kappa shape index (κ2) is 15.3. The van der Waals surface area contributed by atoms with Gasteiger partial charge in [0.25, 0.3) is 15.7 Å². The van der Waals surface area contributed by atoms with Crippen LogP contribution < -0.4 is 9.62 Å². The molecule has 4 aromatic rings. The summed E-state index contributed by atoms with van der Waals surface area (Å²) < 4.78 is 28.9. The Morgan fingerprint density at radius 1 is 0.889 bits per heavy atom. The van der Waals surface area contributed by atoms with E-state index in [1.165, 1.54) is 41.3 Å². The van der Waals surface area contributed by atoms with Crippen LogP contribution in [0.5, 0.6) is 0 Å². The molecule has 1 atom stereocenters. The number of carbonyl (C=O) groups excluding carboxylic acids is 2. The maximum Gasteiger partial charge on any atom is 0.269 e. The monoisotopic (exact) mass is 648 g/mol. The van der Waals surface area contributed by atoms with Gasteiger partial charge in [-0.25, -0.2) is 8.42 Å². The fraction of sp³-hybridized carbons (Fsp3) is 0.212. The third kappa shape index (κ3) is 8.68. The van der Waals surface area contributed by atoms with Crippen LogP contribution in [0.25, 0.3) is 0 Å². The zero-order valence-electron chi connectivity index (χ0n) is 24.6. The summed E-state index contributed by atoms with van der Waals surface area (Å²) in [5.41, 5.74) is 1.27. The van der Waals surface area contributed by atoms with Gasteiger partial charge in [-0.1, -0.05) is 79.2 Å². The second-order valence-corrected chi connectivity index (χ2v) is 12.5. The highest BCUT2D eigenvalue weighted by atomic mass is 35.5. The van der Waals surface area contributed by atoms with E-state index in [-0.39, 0.29) is 35.1 Å². The summed E-state index contributed by atoms with van der Waals surface area (Å²) in [7, 11) is -4.32. The summed E-state index contributed by atoms with van der Waals surface area (Å²) >= 11 is 6.26. The van der Waals surface area contributed by atoms with E-state index >= 15 is 0 Å². The predicted molar refractivity (Wildman–Crippen MR) is 173 cm³/mol. The molecule has 0 unspecified atom stereocenters. The maximum absolute atomic E-state index is 14.4. The quantitative estimate of drug-likeness (QED) is 0.140. The molecule has 0 aliphatic heterocycles. The highest BCUT2D eigenvalue weighted by Gasteiger charge is 2.34. The molecule has 12 heteroatoms. The Labute approximate surface area is 267 Å². The van der Waals surface area contributed by atoms with Gasteiger partial charge >= 0.3 is 0 Å². The number of amides is 2. The molecule has 0 saturated carbocycles. The number of nitrogens with one attached hydrogen (secondary N) is 1. The molecule has 0 bridgehead atoms. The SMILES string of the molecule is CCCNC(=O)[C@H](Cc1ccccc1)N(Cc1cccc(Cl)c1)C(=O)CN(c1ccc([N+](=O)[O-])cc1)S(=O)(=O)c1ccccc1. The topological polar surface area (TPSA) is 130 Å². The lowest BCUT2D eigenvalue weighted by Crippen LogP contribution is -2.53. The van der Waals surface area contributed by atoms with E-state index in [4.69, 9.17) is 11.6 Å². The molecule has 0 radical (unpaired) electrons. The van der Waals surface area contributed by atoms with Crippen molar-refractivity contribution in [2.45, 2.75) is 37.2 Å². The van der Waals surface area contributed by atoms with Gasteiger partial charge in [-0.05, 0) is 53.9 Å². The highest BCUT2D eigenvalue weighted by Crippen LogP contribution is 2.27. The molecule has 0 aromatic heterocycles. The smallest absolute Gasteiger partial charge is 0.269 e. The average Bonchev–Trinajstić information content (AvgIpc) is 3.05. The molecule has 45 heavy (non-hydrogen) atoms. The summed E-state index contributed by atoms with van der Waals surface area (Å²) in [6.45, 7) is 1.59. The van der Waals surface area contributed by atoms with Crippen LogP contribution in [0, 0.1) is 10.1 Å². The number of nitrogens with zero attached hydrogens (tertiary/aromatic N) is 3. The van der Waals surface area contributed by atoms with E-state index in [1.54, 1.807) is 42.5 Å². The highest BCUT2D eigenvalue weighted by molar-refractivity contribution is 7.92. The van der Waals surface area contributed by atoms with E-state index in [9.17, 15) is 28.1 Å². The number of sulfonamides is 1. The lowest BCUT2D eigenvalue weighted by Gasteiger charge is -2.34. The minimum absolute atomic E-state index is 0.0318. The Morgan fingerprint density at radius 3 is 2.11 bits per heavy atom. The largest absolute Gasteiger partial charge is 0.354 e. The number of hydrogen-bond donors (Lipinski definition) is 1. The molecule has 4 rings (SSSR count). The summed E-state index contributed by atoms with van der Waals surface area (Å²) in [5.74, 6) is -1.04. The number of halogens is 1. The number of carbonyl (C=O) groups is 2. The van der Waals surface area contributed by atoms with Crippen LogP contribution in [0.1, 0.15) is 24.5 Å². The summed E-state index contributed by atoms with van der Waals surface area (Å²) in [4.78, 5) is 40.0. The van der Waals surface area contributed by atoms with Crippen LogP contribution in [0.15, 0.2) is 114 Å². The van der Waals surface area contributed by atoms with Gasteiger partial charge in [0.1, 0.15) is 12.6 Å². The van der Waals surface area contributed by atoms with Gasteiger partial charge in [-0.3, -0.25) is 24.0 Å². The van der Waals surface area contributed by atoms with Crippen molar-refractivity contribution in [2.75, 3.05) is 17.4 Å². The number of rotatable bonds is 14. The van der Waals surface area contributed by atoms with Crippen LogP contribution in [0.3, 0.4) is 0 Å². The molecule has 0 aliphatic rings. The van der Waals surface area contributed by atoms with Crippen molar-refractivity contribution < 1.29 is 22.9 Å². The van der Waals surface area contributed by atoms with Crippen LogP contribution in [-0.2, 0) is 32.6 Å². The van der Waals surface area contributed by atoms with Crippen molar-refractivity contribution >= 4 is 44.8 Å². The standard InChI is InChI=1S/C33H33ClN4O6S/c1-2-20-35-33(40)31(22-25-10-5-3-6-11-25)36(23-26-12-9-13-27(34)21-26)32(39)24-37(28-16-18-29(19-17-28)38(41)42)45(43,44)30-14-7-4-8-15-30/h3-19,21,31H,2,20,22-24H2,1H3,(H,35,40)/t31-/m0/s1. The Hall–Kier alpha value is -4.74. The average molecular weight is 649 g/mol. The maximum atomic E-state index is 14.4. The Kier molecular flexibility index (Phi) is 11.3. The van der Waals surface area contributed by atoms with Gasteiger partial charge in [0.2, 0.25) is 11.8 Å². The predicted octanol–water partition coefficient (Wildman–Crippen LogP) is 5.61. The van der Waals surface area contributed by atoms with E-state index < -0.39 is 33.4 Å². The van der Waals surface area contributed by atoms with Crippen molar-refractivity contribution in [1.29, 1.82) is 0 Å². The molecule has 0 heterocycles. The lowest BCUT2D eigenvalue weighted by atomic mass is 10.0. The molecule has 0 spiro atoms. The van der Waals surface area contributed by atoms with E-state index in [0.29, 0.717) is 23.6 Å².